The predicted molar refractivity (Wildman–Crippen MR) is 137 cm³/mol. The van der Waals surface area contributed by atoms with Crippen LogP contribution in [0.1, 0.15) is 44.0 Å². The van der Waals surface area contributed by atoms with E-state index in [1.807, 2.05) is 83.4 Å². The summed E-state index contributed by atoms with van der Waals surface area (Å²) in [5.41, 5.74) is 2.38. The number of hydrogen-bond donors (Lipinski definition) is 2. The fourth-order valence-corrected chi connectivity index (χ4v) is 4.11. The molecule has 2 N–H and O–H groups in total. The van der Waals surface area contributed by atoms with Crippen molar-refractivity contribution in [2.45, 2.75) is 39.4 Å². The minimum Gasteiger partial charge on any atom is -0.497 e. The minimum atomic E-state index is -0.473. The highest BCUT2D eigenvalue weighted by Gasteiger charge is 2.41. The van der Waals surface area contributed by atoms with Crippen molar-refractivity contribution in [1.29, 1.82) is 0 Å². The molecule has 8 heteroatoms. The lowest BCUT2D eigenvalue weighted by molar-refractivity contribution is -0.123. The molecule has 1 aliphatic heterocycles. The Morgan fingerprint density at radius 1 is 1.17 bits per heavy atom. The summed E-state index contributed by atoms with van der Waals surface area (Å²) in [6.07, 6.45) is 1.91. The Kier molecular flexibility index (Phi) is 11.1. The van der Waals surface area contributed by atoms with Crippen LogP contribution in [-0.4, -0.2) is 66.5 Å². The summed E-state index contributed by atoms with van der Waals surface area (Å²) < 4.78 is 5.43. The van der Waals surface area contributed by atoms with Gasteiger partial charge in [-0.2, -0.15) is 0 Å². The molecule has 2 aromatic rings. The van der Waals surface area contributed by atoms with Gasteiger partial charge < -0.3 is 24.5 Å². The number of carbonyl (C=O) groups excluding carboxylic acids is 2. The lowest BCUT2D eigenvalue weighted by atomic mass is 10.1. The molecule has 1 heterocycles. The van der Waals surface area contributed by atoms with E-state index in [1.165, 1.54) is 6.42 Å². The summed E-state index contributed by atoms with van der Waals surface area (Å²) in [6, 6.07) is 17.6. The number of hydrogen-bond acceptors (Lipinski definition) is 7. The topological polar surface area (TPSA) is 85.3 Å². The van der Waals surface area contributed by atoms with Crippen LogP contribution in [0.3, 0.4) is 0 Å². The molecule has 0 aliphatic carbocycles. The smallest absolute Gasteiger partial charge is 0.277 e. The number of amides is 2. The van der Waals surface area contributed by atoms with Crippen LogP contribution in [0, 0.1) is 0 Å². The first-order chi connectivity index (χ1) is 16.9. The summed E-state index contributed by atoms with van der Waals surface area (Å²) in [7, 11) is 5.42. The van der Waals surface area contributed by atoms with E-state index in [9.17, 15) is 14.7 Å². The first kappa shape index (κ1) is 27.7. The van der Waals surface area contributed by atoms with Gasteiger partial charge in [0.25, 0.3) is 5.91 Å². The zero-order valence-corrected chi connectivity index (χ0v) is 21.4. The molecular weight excluding hydrogens is 444 g/mol. The molecule has 8 nitrogen and oxygen atoms in total. The van der Waals surface area contributed by atoms with Gasteiger partial charge in [0.2, 0.25) is 6.41 Å². The van der Waals surface area contributed by atoms with E-state index in [-0.39, 0.29) is 12.8 Å². The number of methoxy groups -OCH3 is 1. The van der Waals surface area contributed by atoms with Gasteiger partial charge in [0, 0.05) is 33.8 Å². The van der Waals surface area contributed by atoms with Crippen LogP contribution in [0.25, 0.3) is 0 Å². The van der Waals surface area contributed by atoms with Gasteiger partial charge in [0.15, 0.2) is 0 Å². The molecule has 0 spiro atoms. The van der Waals surface area contributed by atoms with Crippen LogP contribution in [0.4, 0.5) is 0 Å². The van der Waals surface area contributed by atoms with Gasteiger partial charge in [-0.3, -0.25) is 14.9 Å². The monoisotopic (exact) mass is 482 g/mol. The number of ether oxygens (including phenoxy) is 1. The van der Waals surface area contributed by atoms with Crippen molar-refractivity contribution in [1.82, 2.24) is 20.0 Å². The molecule has 0 radical (unpaired) electrons. The molecule has 0 saturated heterocycles. The molecule has 0 aromatic heterocycles. The van der Waals surface area contributed by atoms with E-state index < -0.39 is 5.91 Å². The minimum absolute atomic E-state index is 0.0459. The maximum Gasteiger partial charge on any atom is 0.277 e. The summed E-state index contributed by atoms with van der Waals surface area (Å²) in [5.74, 6) is 0.928. The van der Waals surface area contributed by atoms with E-state index >= 15 is 0 Å². The number of aliphatic hydroxyl groups is 1. The Hall–Kier alpha value is -3.52. The van der Waals surface area contributed by atoms with Gasteiger partial charge in [-0.1, -0.05) is 62.7 Å². The average Bonchev–Trinajstić information content (AvgIpc) is 3.15. The molecule has 1 atom stereocenters. The lowest BCUT2D eigenvalue weighted by Crippen LogP contribution is -2.35. The second kappa shape index (κ2) is 14.0. The summed E-state index contributed by atoms with van der Waals surface area (Å²) in [5, 5.41) is 11.6. The van der Waals surface area contributed by atoms with Crippen molar-refractivity contribution >= 4 is 12.3 Å². The number of nitrogens with zero attached hydrogens (tertiary/aromatic N) is 3. The molecule has 3 rings (SSSR count). The standard InChI is InChI=1S/C24H30N4O4.C3H8/c1-26(13-8-14-29)24-21(22(31)25-17-30)28(16-18-9-5-4-6-10-18)23(27(24)2)19-11-7-12-20(15-19)32-3;1-3-2/h4-7,9-12,15,17,23,29H,8,13-14,16H2,1-3H3,(H,25,30,31);3H2,1-2H3. The lowest BCUT2D eigenvalue weighted by Gasteiger charge is -2.34. The molecule has 0 fully saturated rings. The third kappa shape index (κ3) is 6.99. The summed E-state index contributed by atoms with van der Waals surface area (Å²) in [6.45, 7) is 5.31. The molecular formula is C27H38N4O4. The zero-order chi connectivity index (χ0) is 25.8. The Morgan fingerprint density at radius 3 is 2.46 bits per heavy atom. The SMILES string of the molecule is CCC.COc1cccc(C2N(C)C(N(C)CCCO)=C(C(=O)NC=O)N2Cc2ccccc2)c1. The van der Waals surface area contributed by atoms with E-state index in [1.54, 1.807) is 7.11 Å². The van der Waals surface area contributed by atoms with Crippen LogP contribution in [0.15, 0.2) is 66.1 Å². The third-order valence-corrected chi connectivity index (χ3v) is 5.50. The molecule has 1 aliphatic rings. The number of nitrogens with one attached hydrogen (secondary N) is 1. The first-order valence-electron chi connectivity index (χ1n) is 11.9. The Morgan fingerprint density at radius 2 is 1.86 bits per heavy atom. The highest BCUT2D eigenvalue weighted by Crippen LogP contribution is 2.41. The average molecular weight is 483 g/mol. The number of rotatable bonds is 10. The van der Waals surface area contributed by atoms with Gasteiger partial charge >= 0.3 is 0 Å². The molecule has 2 aromatic carbocycles. The zero-order valence-electron chi connectivity index (χ0n) is 21.4. The number of imide groups is 1. The largest absolute Gasteiger partial charge is 0.497 e. The fraction of sp³-hybridized carbons (Fsp3) is 0.407. The van der Waals surface area contributed by atoms with Crippen LogP contribution in [0.5, 0.6) is 5.75 Å². The first-order valence-corrected chi connectivity index (χ1v) is 11.9. The summed E-state index contributed by atoms with van der Waals surface area (Å²) >= 11 is 0. The predicted octanol–water partition coefficient (Wildman–Crippen LogP) is 3.31. The second-order valence-electron chi connectivity index (χ2n) is 8.34. The van der Waals surface area contributed by atoms with E-state index in [2.05, 4.69) is 19.2 Å². The molecule has 0 saturated carbocycles. The Labute approximate surface area is 208 Å². The number of aliphatic hydroxyl groups excluding tert-OH is 1. The van der Waals surface area contributed by atoms with Crippen molar-refractivity contribution in [3.63, 3.8) is 0 Å². The van der Waals surface area contributed by atoms with Gasteiger partial charge in [-0.15, -0.1) is 0 Å². The maximum absolute atomic E-state index is 13.1. The molecule has 0 bridgehead atoms. The second-order valence-corrected chi connectivity index (χ2v) is 8.34. The molecule has 1 unspecified atom stereocenters. The van der Waals surface area contributed by atoms with Crippen molar-refractivity contribution in [3.05, 3.63) is 77.2 Å². The third-order valence-electron chi connectivity index (χ3n) is 5.50. The highest BCUT2D eigenvalue weighted by atomic mass is 16.5. The van der Waals surface area contributed by atoms with Crippen LogP contribution in [0.2, 0.25) is 0 Å². The van der Waals surface area contributed by atoms with Gasteiger partial charge in [-0.25, -0.2) is 0 Å². The van der Waals surface area contributed by atoms with E-state index in [4.69, 9.17) is 4.74 Å². The van der Waals surface area contributed by atoms with Crippen LogP contribution < -0.4 is 10.1 Å². The van der Waals surface area contributed by atoms with Gasteiger partial charge in [-0.05, 0) is 29.7 Å². The Balaban J connectivity index is 0.00000137. The van der Waals surface area contributed by atoms with Crippen LogP contribution >= 0.6 is 0 Å². The van der Waals surface area contributed by atoms with Crippen molar-refractivity contribution in [2.24, 2.45) is 0 Å². The van der Waals surface area contributed by atoms with Crippen molar-refractivity contribution in [2.75, 3.05) is 34.4 Å². The van der Waals surface area contributed by atoms with E-state index in [0.717, 1.165) is 16.9 Å². The summed E-state index contributed by atoms with van der Waals surface area (Å²) in [4.78, 5) is 30.2. The molecule has 2 amide bonds. The van der Waals surface area contributed by atoms with Crippen LogP contribution in [-0.2, 0) is 16.1 Å². The number of benzene rings is 2. The number of carbonyl (C=O) groups is 2. The normalized spacial score (nSPS) is 14.9. The Bertz CT molecular complexity index is 980. The molecule has 35 heavy (non-hydrogen) atoms. The van der Waals surface area contributed by atoms with Crippen molar-refractivity contribution < 1.29 is 19.4 Å². The maximum atomic E-state index is 13.1. The van der Waals surface area contributed by atoms with Crippen molar-refractivity contribution in [3.8, 4) is 5.75 Å². The quantitative estimate of drug-likeness (QED) is 0.503. The highest BCUT2D eigenvalue weighted by molar-refractivity contribution is 5.99. The van der Waals surface area contributed by atoms with Gasteiger partial charge in [0.05, 0.1) is 7.11 Å². The fourth-order valence-electron chi connectivity index (χ4n) is 4.11. The molecule has 190 valence electrons. The van der Waals surface area contributed by atoms with E-state index in [0.29, 0.717) is 37.4 Å². The van der Waals surface area contributed by atoms with Gasteiger partial charge in [0.1, 0.15) is 23.4 Å².